The summed E-state index contributed by atoms with van der Waals surface area (Å²) in [6.07, 6.45) is 0.980. The van der Waals surface area contributed by atoms with E-state index in [9.17, 15) is 24.3 Å². The maximum Gasteiger partial charge on any atom is 0.407 e. The number of amides is 4. The van der Waals surface area contributed by atoms with Crippen LogP contribution < -0.4 is 15.4 Å². The molecule has 5 aromatic carbocycles. The fraction of sp³-hybridized carbons (Fsp3) is 0.308. The van der Waals surface area contributed by atoms with Crippen molar-refractivity contribution in [2.75, 3.05) is 47.6 Å². The quantitative estimate of drug-likeness (QED) is 0.0751. The van der Waals surface area contributed by atoms with E-state index in [0.29, 0.717) is 68.5 Å². The van der Waals surface area contributed by atoms with Crippen LogP contribution in [0.2, 0.25) is 0 Å². The third kappa shape index (κ3) is 8.82. The number of hydrogen-bond acceptors (Lipinski definition) is 10. The number of hydrogen-bond donors (Lipinski definition) is 5. The number of likely N-dealkylation sites (tertiary alicyclic amines) is 2. The molecule has 0 bridgehead atoms. The molecule has 2 aromatic heterocycles. The summed E-state index contributed by atoms with van der Waals surface area (Å²) < 4.78 is 22.4. The molecule has 4 amide bonds. The maximum atomic E-state index is 14.4. The summed E-state index contributed by atoms with van der Waals surface area (Å²) in [6.45, 7) is 2.04. The van der Waals surface area contributed by atoms with Gasteiger partial charge >= 0.3 is 12.2 Å². The summed E-state index contributed by atoms with van der Waals surface area (Å²) in [4.78, 5) is 73.4. The van der Waals surface area contributed by atoms with E-state index in [1.807, 2.05) is 60.7 Å². The number of H-pyrrole nitrogens is 2. The Balaban J connectivity index is 0.919. The van der Waals surface area contributed by atoms with E-state index < -0.39 is 36.4 Å². The first-order valence-electron chi connectivity index (χ1n) is 22.9. The largest absolute Gasteiger partial charge is 0.488 e. The molecule has 354 valence electrons. The van der Waals surface area contributed by atoms with E-state index in [1.54, 1.807) is 54.5 Å². The summed E-state index contributed by atoms with van der Waals surface area (Å²) in [5.74, 6) is 1.42. The predicted octanol–water partition coefficient (Wildman–Crippen LogP) is 7.84. The van der Waals surface area contributed by atoms with E-state index in [4.69, 9.17) is 28.9 Å². The number of carboxylic acid groups (broad SMARTS) is 1. The van der Waals surface area contributed by atoms with Crippen LogP contribution >= 0.6 is 0 Å². The number of carbonyl (C=O) groups is 4. The lowest BCUT2D eigenvalue weighted by atomic mass is 9.92. The van der Waals surface area contributed by atoms with Crippen molar-refractivity contribution in [3.63, 3.8) is 0 Å². The highest BCUT2D eigenvalue weighted by Gasteiger charge is 2.43. The van der Waals surface area contributed by atoms with Gasteiger partial charge in [-0.15, -0.1) is 0 Å². The maximum absolute atomic E-state index is 14.4. The van der Waals surface area contributed by atoms with Crippen molar-refractivity contribution in [2.45, 2.75) is 43.6 Å². The van der Waals surface area contributed by atoms with Crippen LogP contribution in [0.4, 0.5) is 9.59 Å². The minimum absolute atomic E-state index is 0.0286. The van der Waals surface area contributed by atoms with E-state index in [2.05, 4.69) is 38.8 Å². The highest BCUT2D eigenvalue weighted by molar-refractivity contribution is 6.07. The minimum Gasteiger partial charge on any atom is -0.488 e. The van der Waals surface area contributed by atoms with Crippen LogP contribution in [0.1, 0.15) is 65.3 Å². The fourth-order valence-electron chi connectivity index (χ4n) is 10.4. The van der Waals surface area contributed by atoms with Crippen LogP contribution in [0.15, 0.2) is 109 Å². The summed E-state index contributed by atoms with van der Waals surface area (Å²) in [6, 6.07) is 29.5. The standard InChI is InChI=1S/C52H52N8O9/c1-66-26-29-18-41(59(24-29)49(61)44(57-51(63)64)31-10-6-4-7-11-31)47-53-23-40(55-47)34-14-16-36-35(20-34)28-69-43-22-37-33(21-38(36)43)15-17-39-46(37)56-48(54-39)42-19-30(27-67-2)25-60(42)50(62)45(58-52(65)68-3)32-12-8-5-9-13-32/h4-17,20-23,29-30,41-42,44-45,57H,18-19,24-28H2,1-3H3,(H,53,55)(H,54,56)(H,58,65)(H,63,64)/t29-,30-,41-,42-,44+,45+/m0/s1. The number of ether oxygens (including phenoxy) is 4. The molecule has 10 rings (SSSR count). The summed E-state index contributed by atoms with van der Waals surface area (Å²) in [7, 11) is 4.55. The number of methoxy groups -OCH3 is 3. The third-order valence-corrected chi connectivity index (χ3v) is 13.5. The number of carbonyl (C=O) groups excluding carboxylic acids is 3. The normalized spacial score (nSPS) is 19.4. The van der Waals surface area contributed by atoms with Crippen LogP contribution in [0.25, 0.3) is 44.2 Å². The molecule has 7 aromatic rings. The highest BCUT2D eigenvalue weighted by Crippen LogP contribution is 2.44. The molecule has 0 aliphatic carbocycles. The second-order valence-corrected chi connectivity index (χ2v) is 17.9. The van der Waals surface area contributed by atoms with Gasteiger partial charge in [-0.2, -0.15) is 0 Å². The van der Waals surface area contributed by atoms with Gasteiger partial charge in [0, 0.05) is 50.1 Å². The summed E-state index contributed by atoms with van der Waals surface area (Å²) >= 11 is 0. The summed E-state index contributed by atoms with van der Waals surface area (Å²) in [5, 5.41) is 16.8. The van der Waals surface area contributed by atoms with Crippen molar-refractivity contribution in [3.8, 4) is 28.1 Å². The van der Waals surface area contributed by atoms with Gasteiger partial charge < -0.3 is 54.5 Å². The SMILES string of the molecule is COC[C@H]1C[C@@H](c2ncc(-c3ccc4c(c3)COc3cc5c(ccc6nc([C@@H]7C[C@H](COC)CN7C(=O)[C@H](NC(=O)OC)c7ccccc7)[nH]c65)cc3-4)[nH]2)N(C(=O)[C@H](NC(=O)O)c2ccccc2)C1. The van der Waals surface area contributed by atoms with Crippen LogP contribution in [-0.2, 0) is 30.4 Å². The first-order valence-corrected chi connectivity index (χ1v) is 22.9. The van der Waals surface area contributed by atoms with E-state index in [1.165, 1.54) is 7.11 Å². The number of nitrogens with zero attached hydrogens (tertiary/aromatic N) is 4. The Labute approximate surface area is 397 Å². The second kappa shape index (κ2) is 19.1. The lowest BCUT2D eigenvalue weighted by Gasteiger charge is -2.28. The molecule has 3 aliphatic rings. The average molecular weight is 933 g/mol. The smallest absolute Gasteiger partial charge is 0.407 e. The first-order chi connectivity index (χ1) is 33.6. The molecule has 0 radical (unpaired) electrons. The molecule has 17 nitrogen and oxygen atoms in total. The molecule has 5 heterocycles. The fourth-order valence-corrected chi connectivity index (χ4v) is 10.4. The average Bonchev–Trinajstić information content (AvgIpc) is 4.21. The molecule has 2 fully saturated rings. The van der Waals surface area contributed by atoms with Crippen molar-refractivity contribution in [1.29, 1.82) is 0 Å². The van der Waals surface area contributed by atoms with Gasteiger partial charge in [0.25, 0.3) is 11.8 Å². The molecule has 0 unspecified atom stereocenters. The Morgan fingerprint density at radius 3 is 2.01 bits per heavy atom. The zero-order valence-corrected chi connectivity index (χ0v) is 38.3. The molecule has 6 atom stereocenters. The molecule has 5 N–H and O–H groups in total. The van der Waals surface area contributed by atoms with Crippen LogP contribution in [0, 0.1) is 11.8 Å². The van der Waals surface area contributed by atoms with Crippen molar-refractivity contribution in [2.24, 2.45) is 11.8 Å². The van der Waals surface area contributed by atoms with Crippen molar-refractivity contribution >= 4 is 45.8 Å². The number of rotatable bonds is 13. The highest BCUT2D eigenvalue weighted by atomic mass is 16.5. The van der Waals surface area contributed by atoms with Crippen LogP contribution in [0.5, 0.6) is 5.75 Å². The molecule has 0 saturated carbocycles. The lowest BCUT2D eigenvalue weighted by molar-refractivity contribution is -0.135. The number of aromatic amines is 2. The number of imidazole rings is 2. The number of fused-ring (bicyclic) bond motifs is 6. The van der Waals surface area contributed by atoms with Gasteiger partial charge in [0.2, 0.25) is 0 Å². The minimum atomic E-state index is -1.29. The molecule has 3 aliphatic heterocycles. The molecule has 69 heavy (non-hydrogen) atoms. The van der Waals surface area contributed by atoms with Gasteiger partial charge in [-0.1, -0.05) is 78.9 Å². The predicted molar refractivity (Wildman–Crippen MR) is 255 cm³/mol. The lowest BCUT2D eigenvalue weighted by Crippen LogP contribution is -2.43. The number of aromatic nitrogens is 4. The second-order valence-electron chi connectivity index (χ2n) is 17.9. The first kappa shape index (κ1) is 45.0. The molecule has 2 saturated heterocycles. The molecular weight excluding hydrogens is 881 g/mol. The Morgan fingerprint density at radius 2 is 1.39 bits per heavy atom. The molecular formula is C52H52N8O9. The van der Waals surface area contributed by atoms with Crippen LogP contribution in [-0.4, -0.2) is 106 Å². The van der Waals surface area contributed by atoms with E-state index in [0.717, 1.165) is 55.5 Å². The van der Waals surface area contributed by atoms with Gasteiger partial charge in [0.15, 0.2) is 0 Å². The van der Waals surface area contributed by atoms with E-state index in [-0.39, 0.29) is 23.7 Å². The Hall–Kier alpha value is -7.76. The number of nitrogens with one attached hydrogen (secondary N) is 4. The van der Waals surface area contributed by atoms with E-state index >= 15 is 0 Å². The van der Waals surface area contributed by atoms with Crippen LogP contribution in [0.3, 0.4) is 0 Å². The summed E-state index contributed by atoms with van der Waals surface area (Å²) in [5.41, 5.74) is 7.42. The van der Waals surface area contributed by atoms with Gasteiger partial charge in [-0.3, -0.25) is 9.59 Å². The van der Waals surface area contributed by atoms with Crippen molar-refractivity contribution < 1.29 is 43.2 Å². The van der Waals surface area contributed by atoms with Gasteiger partial charge in [-0.05, 0) is 70.3 Å². The zero-order valence-electron chi connectivity index (χ0n) is 38.3. The van der Waals surface area contributed by atoms with Crippen molar-refractivity contribution in [1.82, 2.24) is 40.4 Å². The number of alkyl carbamates (subject to hydrolysis) is 1. The molecule has 17 heteroatoms. The third-order valence-electron chi connectivity index (χ3n) is 13.5. The Kier molecular flexibility index (Phi) is 12.5. The molecule has 0 spiro atoms. The Morgan fingerprint density at radius 1 is 0.754 bits per heavy atom. The number of benzene rings is 5. The zero-order chi connectivity index (χ0) is 47.8. The monoisotopic (exact) mass is 932 g/mol. The van der Waals surface area contributed by atoms with Crippen molar-refractivity contribution in [3.05, 3.63) is 138 Å². The topological polar surface area (TPSA) is 213 Å². The van der Waals surface area contributed by atoms with Gasteiger partial charge in [-0.25, -0.2) is 19.6 Å². The Bertz CT molecular complexity index is 3050. The van der Waals surface area contributed by atoms with Gasteiger partial charge in [0.05, 0.1) is 55.3 Å². The van der Waals surface area contributed by atoms with Gasteiger partial charge in [0.1, 0.15) is 36.1 Å².